The van der Waals surface area contributed by atoms with Gasteiger partial charge in [-0.05, 0) is 38.1 Å². The molecule has 2 heterocycles. The van der Waals surface area contributed by atoms with E-state index < -0.39 is 0 Å². The van der Waals surface area contributed by atoms with Crippen LogP contribution < -0.4 is 5.73 Å². The number of aromatic nitrogens is 3. The van der Waals surface area contributed by atoms with Crippen molar-refractivity contribution in [3.63, 3.8) is 0 Å². The second-order valence-electron chi connectivity index (χ2n) is 5.05. The van der Waals surface area contributed by atoms with Crippen molar-refractivity contribution >= 4 is 5.65 Å². The maximum absolute atomic E-state index is 5.68. The number of benzene rings is 1. The van der Waals surface area contributed by atoms with Gasteiger partial charge < -0.3 is 5.73 Å². The smallest absolute Gasteiger partial charge is 0.164 e. The molecule has 3 rings (SSSR count). The molecular weight excluding hydrogens is 248 g/mol. The lowest BCUT2D eigenvalue weighted by Crippen LogP contribution is -2.06. The van der Waals surface area contributed by atoms with Gasteiger partial charge in [0.15, 0.2) is 5.65 Å². The number of hydrogen-bond acceptors (Lipinski definition) is 3. The van der Waals surface area contributed by atoms with Crippen molar-refractivity contribution in [1.29, 1.82) is 0 Å². The molecule has 0 saturated heterocycles. The first-order valence-electron chi connectivity index (χ1n) is 6.80. The Balaban J connectivity index is 2.28. The number of fused-ring (bicyclic) bond motifs is 1. The summed E-state index contributed by atoms with van der Waals surface area (Å²) < 4.78 is 2.03. The zero-order valence-corrected chi connectivity index (χ0v) is 11.8. The van der Waals surface area contributed by atoms with Crippen LogP contribution in [-0.2, 0) is 6.42 Å². The quantitative estimate of drug-likeness (QED) is 0.792. The highest BCUT2D eigenvalue weighted by molar-refractivity contribution is 5.77. The summed E-state index contributed by atoms with van der Waals surface area (Å²) >= 11 is 0. The lowest BCUT2D eigenvalue weighted by Gasteiger charge is -2.04. The van der Waals surface area contributed by atoms with Crippen LogP contribution in [0.3, 0.4) is 0 Å². The van der Waals surface area contributed by atoms with E-state index in [4.69, 9.17) is 10.7 Å². The largest absolute Gasteiger partial charge is 0.330 e. The molecule has 2 N–H and O–H groups in total. The molecule has 0 aliphatic carbocycles. The molecule has 0 spiro atoms. The Morgan fingerprint density at radius 3 is 2.90 bits per heavy atom. The van der Waals surface area contributed by atoms with Crippen molar-refractivity contribution < 1.29 is 0 Å². The van der Waals surface area contributed by atoms with E-state index in [0.29, 0.717) is 6.54 Å². The van der Waals surface area contributed by atoms with E-state index in [1.807, 2.05) is 16.7 Å². The highest BCUT2D eigenvalue weighted by atomic mass is 15.1. The molecular formula is C16H18N4. The summed E-state index contributed by atoms with van der Waals surface area (Å²) in [5.74, 6) is 0.964. The van der Waals surface area contributed by atoms with Gasteiger partial charge in [0, 0.05) is 24.4 Å². The van der Waals surface area contributed by atoms with Gasteiger partial charge in [-0.3, -0.25) is 4.40 Å². The van der Waals surface area contributed by atoms with Crippen molar-refractivity contribution in [1.82, 2.24) is 14.4 Å². The molecule has 0 bridgehead atoms. The van der Waals surface area contributed by atoms with E-state index in [-0.39, 0.29) is 0 Å². The van der Waals surface area contributed by atoms with Gasteiger partial charge >= 0.3 is 0 Å². The summed E-state index contributed by atoms with van der Waals surface area (Å²) in [4.78, 5) is 9.26. The molecule has 0 fully saturated rings. The van der Waals surface area contributed by atoms with Crippen molar-refractivity contribution in [2.45, 2.75) is 20.3 Å². The van der Waals surface area contributed by atoms with Crippen LogP contribution in [0.2, 0.25) is 0 Å². The number of nitrogens with two attached hydrogens (primary N) is 1. The molecule has 20 heavy (non-hydrogen) atoms. The second-order valence-corrected chi connectivity index (χ2v) is 5.05. The maximum atomic E-state index is 5.68. The molecule has 0 unspecified atom stereocenters. The fourth-order valence-corrected chi connectivity index (χ4v) is 2.46. The van der Waals surface area contributed by atoms with E-state index >= 15 is 0 Å². The lowest BCUT2D eigenvalue weighted by molar-refractivity contribution is 0.859. The average Bonchev–Trinajstić information content (AvgIpc) is 2.81. The molecule has 4 heteroatoms. The highest BCUT2D eigenvalue weighted by Crippen LogP contribution is 2.27. The minimum absolute atomic E-state index is 0.584. The van der Waals surface area contributed by atoms with Crippen LogP contribution in [0.5, 0.6) is 0 Å². The van der Waals surface area contributed by atoms with E-state index in [1.54, 1.807) is 6.20 Å². The normalized spacial score (nSPS) is 11.2. The summed E-state index contributed by atoms with van der Waals surface area (Å²) in [6.45, 7) is 4.78. The molecule has 1 aromatic carbocycles. The molecule has 3 aromatic rings. The summed E-state index contributed by atoms with van der Waals surface area (Å²) in [7, 11) is 0. The van der Waals surface area contributed by atoms with Gasteiger partial charge in [-0.25, -0.2) is 9.97 Å². The third kappa shape index (κ3) is 2.08. The molecule has 0 aliphatic heterocycles. The topological polar surface area (TPSA) is 56.2 Å². The lowest BCUT2D eigenvalue weighted by atomic mass is 10.0. The summed E-state index contributed by atoms with van der Waals surface area (Å²) in [6.07, 6.45) is 4.55. The molecule has 0 atom stereocenters. The molecule has 102 valence electrons. The monoisotopic (exact) mass is 266 g/mol. The van der Waals surface area contributed by atoms with Crippen LogP contribution in [-0.4, -0.2) is 20.9 Å². The Labute approximate surface area is 118 Å². The first-order chi connectivity index (χ1) is 9.70. The van der Waals surface area contributed by atoms with Crippen LogP contribution in [0, 0.1) is 13.8 Å². The third-order valence-corrected chi connectivity index (χ3v) is 3.49. The minimum atomic E-state index is 0.584. The Bertz CT molecular complexity index is 758. The zero-order valence-electron chi connectivity index (χ0n) is 11.8. The Morgan fingerprint density at radius 1 is 1.25 bits per heavy atom. The highest BCUT2D eigenvalue weighted by Gasteiger charge is 2.14. The predicted molar refractivity (Wildman–Crippen MR) is 80.7 cm³/mol. The molecule has 0 amide bonds. The van der Waals surface area contributed by atoms with E-state index in [1.165, 1.54) is 11.1 Å². The maximum Gasteiger partial charge on any atom is 0.164 e. The predicted octanol–water partition coefficient (Wildman–Crippen LogP) is 2.51. The number of aryl methyl sites for hydroxylation is 2. The standard InChI is InChI=1S/C16H18N4/c1-11-4-5-12(2)13(10-11)15-16-18-8-3-9-20(16)14(19-15)6-7-17/h3-5,8-10H,6-7,17H2,1-2H3. The number of rotatable bonds is 3. The van der Waals surface area contributed by atoms with Gasteiger partial charge in [0.25, 0.3) is 0 Å². The third-order valence-electron chi connectivity index (χ3n) is 3.49. The Kier molecular flexibility index (Phi) is 3.24. The van der Waals surface area contributed by atoms with Gasteiger partial charge in [0.2, 0.25) is 0 Å². The SMILES string of the molecule is Cc1ccc(C)c(-c2nc(CCN)n3cccnc23)c1. The Hall–Kier alpha value is -2.20. The van der Waals surface area contributed by atoms with Crippen LogP contribution in [0.4, 0.5) is 0 Å². The van der Waals surface area contributed by atoms with Gasteiger partial charge in [-0.2, -0.15) is 0 Å². The average molecular weight is 266 g/mol. The Morgan fingerprint density at radius 2 is 2.10 bits per heavy atom. The van der Waals surface area contributed by atoms with E-state index in [2.05, 4.69) is 37.0 Å². The summed E-state index contributed by atoms with van der Waals surface area (Å²) in [5, 5.41) is 0. The van der Waals surface area contributed by atoms with Crippen LogP contribution in [0.25, 0.3) is 16.9 Å². The molecule has 2 aromatic heterocycles. The van der Waals surface area contributed by atoms with E-state index in [0.717, 1.165) is 29.1 Å². The second kappa shape index (κ2) is 5.06. The van der Waals surface area contributed by atoms with Crippen molar-refractivity contribution in [3.05, 3.63) is 53.6 Å². The fraction of sp³-hybridized carbons (Fsp3) is 0.250. The van der Waals surface area contributed by atoms with Gasteiger partial charge in [-0.1, -0.05) is 17.7 Å². The molecule has 4 nitrogen and oxygen atoms in total. The fourth-order valence-electron chi connectivity index (χ4n) is 2.46. The van der Waals surface area contributed by atoms with Crippen LogP contribution in [0.1, 0.15) is 17.0 Å². The molecule has 0 radical (unpaired) electrons. The zero-order chi connectivity index (χ0) is 14.1. The summed E-state index contributed by atoms with van der Waals surface area (Å²) in [6, 6.07) is 8.33. The molecule has 0 aliphatic rings. The first-order valence-corrected chi connectivity index (χ1v) is 6.80. The van der Waals surface area contributed by atoms with E-state index in [9.17, 15) is 0 Å². The summed E-state index contributed by atoms with van der Waals surface area (Å²) in [5.41, 5.74) is 11.1. The van der Waals surface area contributed by atoms with Crippen LogP contribution >= 0.6 is 0 Å². The number of hydrogen-bond donors (Lipinski definition) is 1. The van der Waals surface area contributed by atoms with Crippen molar-refractivity contribution in [3.8, 4) is 11.3 Å². The first kappa shape index (κ1) is 12.8. The minimum Gasteiger partial charge on any atom is -0.330 e. The van der Waals surface area contributed by atoms with Gasteiger partial charge in [0.1, 0.15) is 11.5 Å². The van der Waals surface area contributed by atoms with Crippen molar-refractivity contribution in [2.24, 2.45) is 5.73 Å². The number of imidazole rings is 1. The van der Waals surface area contributed by atoms with Crippen LogP contribution in [0.15, 0.2) is 36.7 Å². The number of nitrogens with zero attached hydrogens (tertiary/aromatic N) is 3. The van der Waals surface area contributed by atoms with Gasteiger partial charge in [-0.15, -0.1) is 0 Å². The van der Waals surface area contributed by atoms with Crippen molar-refractivity contribution in [2.75, 3.05) is 6.54 Å². The van der Waals surface area contributed by atoms with Gasteiger partial charge in [0.05, 0.1) is 0 Å². The molecule has 0 saturated carbocycles.